The Balaban J connectivity index is 1.70. The molecule has 31 heavy (non-hydrogen) atoms. The van der Waals surface area contributed by atoms with Gasteiger partial charge in [-0.05, 0) is 73.8 Å². The number of ether oxygens (including phenoxy) is 1. The maximum absolute atomic E-state index is 12.8. The molecule has 1 aliphatic heterocycles. The van der Waals surface area contributed by atoms with Gasteiger partial charge in [-0.15, -0.1) is 0 Å². The molecule has 2 atom stereocenters. The monoisotopic (exact) mass is 434 g/mol. The fourth-order valence-corrected chi connectivity index (χ4v) is 4.14. The van der Waals surface area contributed by atoms with Crippen LogP contribution in [0.3, 0.4) is 0 Å². The molecule has 0 aliphatic carbocycles. The molecule has 3 rings (SSSR count). The first-order chi connectivity index (χ1) is 14.9. The summed E-state index contributed by atoms with van der Waals surface area (Å²) in [5.74, 6) is 0.957. The van der Waals surface area contributed by atoms with Crippen molar-refractivity contribution in [2.75, 3.05) is 31.6 Å². The third-order valence-corrected chi connectivity index (χ3v) is 5.86. The Kier molecular flexibility index (Phi) is 7.96. The van der Waals surface area contributed by atoms with Gasteiger partial charge in [0, 0.05) is 18.2 Å². The van der Waals surface area contributed by atoms with E-state index in [0.29, 0.717) is 18.8 Å². The number of anilines is 1. The highest BCUT2D eigenvalue weighted by Crippen LogP contribution is 2.35. The van der Waals surface area contributed by atoms with E-state index in [1.807, 2.05) is 24.3 Å². The highest BCUT2D eigenvalue weighted by Gasteiger charge is 2.32. The van der Waals surface area contributed by atoms with Crippen LogP contribution in [0.4, 0.5) is 18.9 Å². The van der Waals surface area contributed by atoms with E-state index in [-0.39, 0.29) is 11.8 Å². The Labute approximate surface area is 181 Å². The molecule has 1 saturated heterocycles. The molecule has 168 valence electrons. The van der Waals surface area contributed by atoms with Crippen molar-refractivity contribution in [1.29, 1.82) is 0 Å². The van der Waals surface area contributed by atoms with Crippen LogP contribution in [-0.2, 0) is 11.0 Å². The number of halogens is 3. The second kappa shape index (κ2) is 10.7. The zero-order valence-electron chi connectivity index (χ0n) is 17.7. The van der Waals surface area contributed by atoms with E-state index in [1.54, 1.807) is 0 Å². The van der Waals surface area contributed by atoms with Crippen LogP contribution in [0.15, 0.2) is 48.5 Å². The van der Waals surface area contributed by atoms with Crippen LogP contribution in [0.2, 0.25) is 0 Å². The molecule has 1 amide bonds. The normalized spacial score (nSPS) is 19.7. The Morgan fingerprint density at radius 1 is 1.13 bits per heavy atom. The van der Waals surface area contributed by atoms with Crippen molar-refractivity contribution in [1.82, 2.24) is 4.90 Å². The summed E-state index contributed by atoms with van der Waals surface area (Å²) in [6.45, 7) is 5.55. The average molecular weight is 435 g/mol. The van der Waals surface area contributed by atoms with Gasteiger partial charge in [0.15, 0.2) is 0 Å². The van der Waals surface area contributed by atoms with E-state index in [2.05, 4.69) is 17.1 Å². The molecule has 2 aromatic rings. The van der Waals surface area contributed by atoms with Crippen LogP contribution < -0.4 is 10.1 Å². The molecule has 0 unspecified atom stereocenters. The van der Waals surface area contributed by atoms with Gasteiger partial charge in [-0.1, -0.05) is 25.5 Å². The van der Waals surface area contributed by atoms with Crippen molar-refractivity contribution in [2.24, 2.45) is 5.92 Å². The summed E-state index contributed by atoms with van der Waals surface area (Å²) in [5.41, 5.74) is 1.26. The summed E-state index contributed by atoms with van der Waals surface area (Å²) in [7, 11) is 0. The van der Waals surface area contributed by atoms with Gasteiger partial charge in [0.25, 0.3) is 0 Å². The maximum Gasteiger partial charge on any atom is 0.416 e. The molecule has 7 heteroatoms. The van der Waals surface area contributed by atoms with Gasteiger partial charge < -0.3 is 15.0 Å². The maximum atomic E-state index is 12.8. The number of carbonyl (C=O) groups excluding carboxylic acids is 1. The molecule has 1 aliphatic rings. The summed E-state index contributed by atoms with van der Waals surface area (Å²) >= 11 is 0. The van der Waals surface area contributed by atoms with Crippen LogP contribution >= 0.6 is 0 Å². The molecule has 4 nitrogen and oxygen atoms in total. The van der Waals surface area contributed by atoms with Gasteiger partial charge in [0.1, 0.15) is 5.75 Å². The van der Waals surface area contributed by atoms with Gasteiger partial charge in [-0.25, -0.2) is 0 Å². The van der Waals surface area contributed by atoms with Crippen LogP contribution in [-0.4, -0.2) is 37.6 Å². The van der Waals surface area contributed by atoms with E-state index in [4.69, 9.17) is 4.74 Å². The van der Waals surface area contributed by atoms with Gasteiger partial charge in [-0.2, -0.15) is 13.2 Å². The van der Waals surface area contributed by atoms with Crippen molar-refractivity contribution >= 4 is 12.1 Å². The number of nitrogens with zero attached hydrogens (tertiary/aromatic N) is 1. The Hall–Kier alpha value is -2.54. The number of benzene rings is 2. The SMILES string of the molecule is CCCCN1CC[C@@H](c2ccc(NC=O)cc2)[C@H](COc2ccc(C(F)(F)F)cc2)C1. The predicted molar refractivity (Wildman–Crippen MR) is 115 cm³/mol. The molecule has 0 aromatic heterocycles. The number of rotatable bonds is 9. The number of unbranched alkanes of at least 4 members (excludes halogenated alkanes) is 1. The summed E-state index contributed by atoms with van der Waals surface area (Å²) in [6.07, 6.45) is -0.425. The molecule has 0 radical (unpaired) electrons. The zero-order valence-corrected chi connectivity index (χ0v) is 17.7. The third kappa shape index (κ3) is 6.47. The molecular weight excluding hydrogens is 405 g/mol. The number of amides is 1. The van der Waals surface area contributed by atoms with Gasteiger partial charge in [0.2, 0.25) is 6.41 Å². The highest BCUT2D eigenvalue weighted by atomic mass is 19.4. The first-order valence-electron chi connectivity index (χ1n) is 10.7. The lowest BCUT2D eigenvalue weighted by Crippen LogP contribution is -2.42. The number of hydrogen-bond acceptors (Lipinski definition) is 3. The first kappa shape index (κ1) is 23.1. The fraction of sp³-hybridized carbons (Fsp3) is 0.458. The van der Waals surface area contributed by atoms with E-state index in [9.17, 15) is 18.0 Å². The minimum absolute atomic E-state index is 0.220. The lowest BCUT2D eigenvalue weighted by Gasteiger charge is -2.39. The van der Waals surface area contributed by atoms with E-state index in [0.717, 1.165) is 56.7 Å². The quantitative estimate of drug-likeness (QED) is 0.526. The largest absolute Gasteiger partial charge is 0.493 e. The average Bonchev–Trinajstić information content (AvgIpc) is 2.77. The molecule has 1 heterocycles. The Morgan fingerprint density at radius 2 is 1.84 bits per heavy atom. The highest BCUT2D eigenvalue weighted by molar-refractivity contribution is 5.71. The second-order valence-electron chi connectivity index (χ2n) is 8.03. The first-order valence-corrected chi connectivity index (χ1v) is 10.7. The number of hydrogen-bond donors (Lipinski definition) is 1. The molecule has 0 spiro atoms. The van der Waals surface area contributed by atoms with Gasteiger partial charge >= 0.3 is 6.18 Å². The van der Waals surface area contributed by atoms with E-state index >= 15 is 0 Å². The summed E-state index contributed by atoms with van der Waals surface area (Å²) in [4.78, 5) is 13.1. The fourth-order valence-electron chi connectivity index (χ4n) is 4.14. The summed E-state index contributed by atoms with van der Waals surface area (Å²) in [6, 6.07) is 12.7. The Morgan fingerprint density at radius 3 is 2.45 bits per heavy atom. The summed E-state index contributed by atoms with van der Waals surface area (Å²) in [5, 5.41) is 2.65. The number of carbonyl (C=O) groups is 1. The lowest BCUT2D eigenvalue weighted by molar-refractivity contribution is -0.137. The predicted octanol–water partition coefficient (Wildman–Crippen LogP) is 5.56. The number of alkyl halides is 3. The van der Waals surface area contributed by atoms with E-state index in [1.165, 1.54) is 17.7 Å². The zero-order chi connectivity index (χ0) is 22.3. The smallest absolute Gasteiger partial charge is 0.416 e. The third-order valence-electron chi connectivity index (χ3n) is 5.86. The van der Waals surface area contributed by atoms with Crippen LogP contribution in [0.5, 0.6) is 5.75 Å². The van der Waals surface area contributed by atoms with Crippen molar-refractivity contribution in [3.8, 4) is 5.75 Å². The van der Waals surface area contributed by atoms with Crippen molar-refractivity contribution in [3.63, 3.8) is 0 Å². The van der Waals surface area contributed by atoms with Crippen LogP contribution in [0.25, 0.3) is 0 Å². The minimum atomic E-state index is -4.35. The molecule has 0 saturated carbocycles. The van der Waals surface area contributed by atoms with Crippen LogP contribution in [0, 0.1) is 5.92 Å². The van der Waals surface area contributed by atoms with Crippen molar-refractivity contribution < 1.29 is 22.7 Å². The second-order valence-corrected chi connectivity index (χ2v) is 8.03. The van der Waals surface area contributed by atoms with Crippen LogP contribution in [0.1, 0.15) is 43.2 Å². The minimum Gasteiger partial charge on any atom is -0.493 e. The lowest BCUT2D eigenvalue weighted by atomic mass is 9.80. The van der Waals surface area contributed by atoms with Gasteiger partial charge in [0.05, 0.1) is 12.2 Å². The molecule has 1 fully saturated rings. The molecular formula is C24H29F3N2O2. The van der Waals surface area contributed by atoms with Gasteiger partial charge in [-0.3, -0.25) is 4.79 Å². The molecule has 0 bridgehead atoms. The molecule has 2 aromatic carbocycles. The number of likely N-dealkylation sites (tertiary alicyclic amines) is 1. The number of piperidine rings is 1. The number of nitrogens with one attached hydrogen (secondary N) is 1. The Bertz CT molecular complexity index is 822. The standard InChI is InChI=1S/C24H29F3N2O2/c1-2-3-13-29-14-12-23(18-4-8-21(9-5-18)28-17-30)19(15-29)16-31-22-10-6-20(7-11-22)24(25,26)27/h4-11,17,19,23H,2-3,12-16H2,1H3,(H,28,30)/t19-,23-/m0/s1. The van der Waals surface area contributed by atoms with E-state index < -0.39 is 11.7 Å². The summed E-state index contributed by atoms with van der Waals surface area (Å²) < 4.78 is 44.3. The molecule has 1 N–H and O–H groups in total. The van der Waals surface area contributed by atoms with Crippen molar-refractivity contribution in [3.05, 3.63) is 59.7 Å². The van der Waals surface area contributed by atoms with Crippen molar-refractivity contribution in [2.45, 2.75) is 38.3 Å². The topological polar surface area (TPSA) is 41.6 Å².